The maximum Gasteiger partial charge on any atom is 0.123 e. The second-order valence-corrected chi connectivity index (χ2v) is 4.77. The summed E-state index contributed by atoms with van der Waals surface area (Å²) in [6.07, 6.45) is 1.84. The predicted molar refractivity (Wildman–Crippen MR) is 75.6 cm³/mol. The summed E-state index contributed by atoms with van der Waals surface area (Å²) in [5.41, 5.74) is 8.57. The van der Waals surface area contributed by atoms with E-state index in [1.54, 1.807) is 18.2 Å². The van der Waals surface area contributed by atoms with Crippen LogP contribution in [0.3, 0.4) is 0 Å². The molecule has 3 aromatic rings. The van der Waals surface area contributed by atoms with Crippen molar-refractivity contribution in [3.63, 3.8) is 0 Å². The molecule has 3 N–H and O–H groups in total. The van der Waals surface area contributed by atoms with E-state index in [1.165, 1.54) is 24.3 Å². The topological polar surface area (TPSA) is 41.8 Å². The third kappa shape index (κ3) is 2.18. The molecule has 4 heteroatoms. The van der Waals surface area contributed by atoms with Gasteiger partial charge in [0.25, 0.3) is 0 Å². The molecule has 0 bridgehead atoms. The van der Waals surface area contributed by atoms with Gasteiger partial charge in [-0.1, -0.05) is 12.1 Å². The van der Waals surface area contributed by atoms with Gasteiger partial charge in [0.05, 0.1) is 0 Å². The Labute approximate surface area is 115 Å². The van der Waals surface area contributed by atoms with Gasteiger partial charge in [-0.25, -0.2) is 8.78 Å². The van der Waals surface area contributed by atoms with E-state index in [2.05, 4.69) is 4.98 Å². The molecule has 1 aromatic heterocycles. The average Bonchev–Trinajstić information content (AvgIpc) is 2.85. The molecule has 0 amide bonds. The zero-order valence-electron chi connectivity index (χ0n) is 10.7. The molecule has 1 heterocycles. The van der Waals surface area contributed by atoms with E-state index in [4.69, 9.17) is 5.73 Å². The van der Waals surface area contributed by atoms with Gasteiger partial charge in [0, 0.05) is 29.6 Å². The van der Waals surface area contributed by atoms with Crippen LogP contribution in [0.5, 0.6) is 0 Å². The van der Waals surface area contributed by atoms with Crippen LogP contribution in [0.2, 0.25) is 0 Å². The molecule has 0 saturated carbocycles. The number of hydrogen-bond acceptors (Lipinski definition) is 1. The van der Waals surface area contributed by atoms with Crippen LogP contribution in [0.4, 0.5) is 8.78 Å². The number of halogens is 2. The van der Waals surface area contributed by atoms with Crippen molar-refractivity contribution in [3.8, 4) is 0 Å². The third-order valence-corrected chi connectivity index (χ3v) is 3.56. The number of H-pyrrole nitrogens is 1. The standard InChI is InChI=1S/C16H14F2N2/c17-11-3-1-10(2-4-11)14(8-19)15-9-20-16-6-5-12(18)7-13(15)16/h1-7,9,14,20H,8,19H2/t14-/m0/s1. The van der Waals surface area contributed by atoms with Gasteiger partial charge < -0.3 is 10.7 Å². The number of aromatic nitrogens is 1. The smallest absolute Gasteiger partial charge is 0.123 e. The summed E-state index contributed by atoms with van der Waals surface area (Å²) in [6, 6.07) is 10.9. The molecule has 2 aromatic carbocycles. The van der Waals surface area contributed by atoms with Gasteiger partial charge in [-0.15, -0.1) is 0 Å². The van der Waals surface area contributed by atoms with E-state index < -0.39 is 0 Å². The lowest BCUT2D eigenvalue weighted by atomic mass is 9.91. The van der Waals surface area contributed by atoms with Gasteiger partial charge in [-0.3, -0.25) is 0 Å². The molecule has 0 aliphatic carbocycles. The van der Waals surface area contributed by atoms with Gasteiger partial charge in [-0.05, 0) is 41.5 Å². The Morgan fingerprint density at radius 3 is 2.40 bits per heavy atom. The molecule has 20 heavy (non-hydrogen) atoms. The SMILES string of the molecule is NC[C@@H](c1ccc(F)cc1)c1c[nH]c2ccc(F)cc12. The molecule has 0 aliphatic heterocycles. The number of nitrogens with two attached hydrogens (primary N) is 1. The molecule has 102 valence electrons. The summed E-state index contributed by atoms with van der Waals surface area (Å²) in [6.45, 7) is 0.370. The number of nitrogens with one attached hydrogen (secondary N) is 1. The molecule has 0 saturated heterocycles. The lowest BCUT2D eigenvalue weighted by Crippen LogP contribution is -2.13. The lowest BCUT2D eigenvalue weighted by Gasteiger charge is -2.14. The van der Waals surface area contributed by atoms with Crippen molar-refractivity contribution < 1.29 is 8.78 Å². The highest BCUT2D eigenvalue weighted by atomic mass is 19.1. The summed E-state index contributed by atoms with van der Waals surface area (Å²) in [5.74, 6) is -0.658. The summed E-state index contributed by atoms with van der Waals surface area (Å²) in [4.78, 5) is 3.12. The Bertz CT molecular complexity index is 732. The summed E-state index contributed by atoms with van der Waals surface area (Å²) < 4.78 is 26.4. The minimum Gasteiger partial charge on any atom is -0.361 e. The van der Waals surface area contributed by atoms with E-state index in [0.717, 1.165) is 22.0 Å². The molecular formula is C16H14F2N2. The zero-order valence-corrected chi connectivity index (χ0v) is 10.7. The first-order chi connectivity index (χ1) is 9.69. The van der Waals surface area contributed by atoms with Crippen LogP contribution in [0.25, 0.3) is 10.9 Å². The van der Waals surface area contributed by atoms with Crippen LogP contribution in [0.15, 0.2) is 48.7 Å². The van der Waals surface area contributed by atoms with Crippen LogP contribution >= 0.6 is 0 Å². The van der Waals surface area contributed by atoms with E-state index in [0.29, 0.717) is 6.54 Å². The predicted octanol–water partition coefficient (Wildman–Crippen LogP) is 3.54. The van der Waals surface area contributed by atoms with Crippen molar-refractivity contribution in [2.75, 3.05) is 6.54 Å². The average molecular weight is 272 g/mol. The third-order valence-electron chi connectivity index (χ3n) is 3.56. The Hall–Kier alpha value is -2.20. The van der Waals surface area contributed by atoms with Gasteiger partial charge >= 0.3 is 0 Å². The highest BCUT2D eigenvalue weighted by Crippen LogP contribution is 2.30. The molecular weight excluding hydrogens is 258 g/mol. The van der Waals surface area contributed by atoms with Gasteiger partial charge in [0.15, 0.2) is 0 Å². The van der Waals surface area contributed by atoms with Gasteiger partial charge in [-0.2, -0.15) is 0 Å². The monoisotopic (exact) mass is 272 g/mol. The second-order valence-electron chi connectivity index (χ2n) is 4.77. The van der Waals surface area contributed by atoms with Crippen molar-refractivity contribution in [1.29, 1.82) is 0 Å². The van der Waals surface area contributed by atoms with E-state index in [1.807, 2.05) is 6.20 Å². The van der Waals surface area contributed by atoms with Crippen LogP contribution < -0.4 is 5.73 Å². The normalized spacial score (nSPS) is 12.8. The number of hydrogen-bond donors (Lipinski definition) is 2. The largest absolute Gasteiger partial charge is 0.361 e. The van der Waals surface area contributed by atoms with Gasteiger partial charge in [0.1, 0.15) is 11.6 Å². The summed E-state index contributed by atoms with van der Waals surface area (Å²) in [7, 11) is 0. The number of benzene rings is 2. The van der Waals surface area contributed by atoms with Crippen molar-refractivity contribution in [3.05, 3.63) is 71.4 Å². The molecule has 3 rings (SSSR count). The first kappa shape index (κ1) is 12.8. The Morgan fingerprint density at radius 2 is 1.70 bits per heavy atom. The second kappa shape index (κ2) is 5.06. The molecule has 1 atom stereocenters. The molecule has 0 unspecified atom stereocenters. The highest BCUT2D eigenvalue weighted by Gasteiger charge is 2.17. The first-order valence-electron chi connectivity index (χ1n) is 6.41. The van der Waals surface area contributed by atoms with Crippen LogP contribution in [-0.4, -0.2) is 11.5 Å². The fourth-order valence-electron chi connectivity index (χ4n) is 2.54. The maximum absolute atomic E-state index is 13.4. The minimum absolute atomic E-state index is 0.0915. The fourth-order valence-corrected chi connectivity index (χ4v) is 2.54. The van der Waals surface area contributed by atoms with Crippen molar-refractivity contribution in [2.24, 2.45) is 5.73 Å². The Morgan fingerprint density at radius 1 is 1.00 bits per heavy atom. The quantitative estimate of drug-likeness (QED) is 0.752. The zero-order chi connectivity index (χ0) is 14.1. The lowest BCUT2D eigenvalue weighted by molar-refractivity contribution is 0.626. The molecule has 0 spiro atoms. The van der Waals surface area contributed by atoms with Crippen molar-refractivity contribution >= 4 is 10.9 Å². The summed E-state index contributed by atoms with van der Waals surface area (Å²) in [5, 5.41) is 0.810. The van der Waals surface area contributed by atoms with Crippen LogP contribution in [-0.2, 0) is 0 Å². The highest BCUT2D eigenvalue weighted by molar-refractivity contribution is 5.84. The first-order valence-corrected chi connectivity index (χ1v) is 6.41. The Kier molecular flexibility index (Phi) is 3.24. The van der Waals surface area contributed by atoms with Crippen molar-refractivity contribution in [1.82, 2.24) is 4.98 Å². The number of fused-ring (bicyclic) bond motifs is 1. The maximum atomic E-state index is 13.4. The molecule has 0 radical (unpaired) electrons. The summed E-state index contributed by atoms with van der Waals surface area (Å²) >= 11 is 0. The van der Waals surface area contributed by atoms with Crippen LogP contribution in [0, 0.1) is 11.6 Å². The van der Waals surface area contributed by atoms with E-state index in [9.17, 15) is 8.78 Å². The Balaban J connectivity index is 2.11. The molecule has 2 nitrogen and oxygen atoms in total. The number of aromatic amines is 1. The van der Waals surface area contributed by atoms with Gasteiger partial charge in [0.2, 0.25) is 0 Å². The molecule has 0 fully saturated rings. The number of rotatable bonds is 3. The van der Waals surface area contributed by atoms with E-state index in [-0.39, 0.29) is 17.6 Å². The van der Waals surface area contributed by atoms with Crippen molar-refractivity contribution in [2.45, 2.75) is 5.92 Å². The van der Waals surface area contributed by atoms with Crippen LogP contribution in [0.1, 0.15) is 17.0 Å². The molecule has 0 aliphatic rings. The minimum atomic E-state index is -0.284. The van der Waals surface area contributed by atoms with E-state index >= 15 is 0 Å². The fraction of sp³-hybridized carbons (Fsp3) is 0.125.